The maximum atomic E-state index is 12.3. The van der Waals surface area contributed by atoms with E-state index in [0.717, 1.165) is 11.1 Å². The lowest BCUT2D eigenvalue weighted by atomic mass is 10.1. The van der Waals surface area contributed by atoms with Crippen LogP contribution in [-0.2, 0) is 6.61 Å². The van der Waals surface area contributed by atoms with E-state index in [2.05, 4.69) is 20.7 Å². The largest absolute Gasteiger partial charge is 0.489 e. The number of nitro benzene ring substituents is 1. The van der Waals surface area contributed by atoms with Crippen LogP contribution in [0.4, 0.5) is 5.69 Å². The van der Waals surface area contributed by atoms with E-state index < -0.39 is 10.8 Å². The van der Waals surface area contributed by atoms with E-state index in [1.807, 2.05) is 48.5 Å². The highest BCUT2D eigenvalue weighted by atomic mass is 35.5. The molecule has 0 atom stereocenters. The summed E-state index contributed by atoms with van der Waals surface area (Å²) in [5.74, 6) is 0.229. The first-order valence-electron chi connectivity index (χ1n) is 10.1. The molecule has 2 N–H and O–H groups in total. The second-order valence-electron chi connectivity index (χ2n) is 7.15. The van der Waals surface area contributed by atoms with Crippen molar-refractivity contribution < 1.29 is 14.5 Å². The lowest BCUT2D eigenvalue weighted by molar-refractivity contribution is -0.384. The molecule has 9 nitrogen and oxygen atoms in total. The Labute approximate surface area is 199 Å². The molecule has 170 valence electrons. The highest BCUT2D eigenvalue weighted by Crippen LogP contribution is 2.22. The summed E-state index contributed by atoms with van der Waals surface area (Å²) in [4.78, 5) is 22.5. The number of non-ortho nitro benzene ring substituents is 1. The Hall–Kier alpha value is -4.50. The summed E-state index contributed by atoms with van der Waals surface area (Å²) in [5, 5.41) is 22.1. The number of carbonyl (C=O) groups excluding carboxylic acids is 1. The van der Waals surface area contributed by atoms with E-state index in [1.165, 1.54) is 30.5 Å². The molecular formula is C24H18ClN5O4. The predicted octanol–water partition coefficient (Wildman–Crippen LogP) is 4.98. The molecule has 0 saturated heterocycles. The smallest absolute Gasteiger partial charge is 0.289 e. The van der Waals surface area contributed by atoms with E-state index >= 15 is 0 Å². The number of nitrogens with zero attached hydrogens (tertiary/aromatic N) is 3. The van der Waals surface area contributed by atoms with Crippen LogP contribution in [0.25, 0.3) is 11.3 Å². The van der Waals surface area contributed by atoms with Crippen LogP contribution in [0, 0.1) is 10.1 Å². The van der Waals surface area contributed by atoms with Crippen molar-refractivity contribution in [1.29, 1.82) is 0 Å². The number of nitro groups is 1. The molecule has 0 fully saturated rings. The molecule has 0 unspecified atom stereocenters. The zero-order valence-corrected chi connectivity index (χ0v) is 18.4. The topological polar surface area (TPSA) is 123 Å². The highest BCUT2D eigenvalue weighted by Gasteiger charge is 2.11. The quantitative estimate of drug-likeness (QED) is 0.211. The number of hydrazone groups is 1. The van der Waals surface area contributed by atoms with Crippen LogP contribution in [0.5, 0.6) is 5.75 Å². The summed E-state index contributed by atoms with van der Waals surface area (Å²) in [7, 11) is 0. The Morgan fingerprint density at radius 3 is 2.47 bits per heavy atom. The third-order valence-electron chi connectivity index (χ3n) is 4.77. The Bertz CT molecular complexity index is 1320. The Kier molecular flexibility index (Phi) is 6.95. The molecule has 0 aliphatic heterocycles. The molecule has 1 aromatic heterocycles. The first kappa shape index (κ1) is 22.7. The van der Waals surface area contributed by atoms with Gasteiger partial charge in [0.1, 0.15) is 18.1 Å². The van der Waals surface area contributed by atoms with Gasteiger partial charge in [-0.3, -0.25) is 20.0 Å². The number of aromatic nitrogens is 2. The molecule has 0 radical (unpaired) electrons. The first-order valence-corrected chi connectivity index (χ1v) is 10.5. The van der Waals surface area contributed by atoms with E-state index in [1.54, 1.807) is 6.07 Å². The Morgan fingerprint density at radius 1 is 1.09 bits per heavy atom. The maximum absolute atomic E-state index is 12.3. The van der Waals surface area contributed by atoms with Gasteiger partial charge in [-0.1, -0.05) is 23.7 Å². The number of aromatic amines is 1. The van der Waals surface area contributed by atoms with Crippen LogP contribution in [0.2, 0.25) is 5.02 Å². The minimum absolute atomic E-state index is 0.0210. The molecule has 4 rings (SSSR count). The Morgan fingerprint density at radius 2 is 1.79 bits per heavy atom. The zero-order valence-electron chi connectivity index (χ0n) is 17.6. The SMILES string of the molecule is O=C(NN=Cc1ccc([N+](=O)[O-])cc1)c1cc(-c2ccc(OCc3ccc(Cl)cc3)cc2)n[nH]1. The van der Waals surface area contributed by atoms with Crippen molar-refractivity contribution in [3.63, 3.8) is 0 Å². The highest BCUT2D eigenvalue weighted by molar-refractivity contribution is 6.30. The molecule has 4 aromatic rings. The van der Waals surface area contributed by atoms with Crippen molar-refractivity contribution in [1.82, 2.24) is 15.6 Å². The monoisotopic (exact) mass is 475 g/mol. The predicted molar refractivity (Wildman–Crippen MR) is 128 cm³/mol. The van der Waals surface area contributed by atoms with E-state index in [0.29, 0.717) is 28.6 Å². The van der Waals surface area contributed by atoms with Gasteiger partial charge in [0.05, 0.1) is 16.8 Å². The summed E-state index contributed by atoms with van der Waals surface area (Å²) >= 11 is 5.89. The fraction of sp³-hybridized carbons (Fsp3) is 0.0417. The summed E-state index contributed by atoms with van der Waals surface area (Å²) < 4.78 is 5.78. The van der Waals surface area contributed by atoms with Gasteiger partial charge < -0.3 is 4.74 Å². The minimum atomic E-state index is -0.486. The summed E-state index contributed by atoms with van der Waals surface area (Å²) in [6, 6.07) is 22.2. The van der Waals surface area contributed by atoms with Crippen LogP contribution < -0.4 is 10.2 Å². The van der Waals surface area contributed by atoms with Gasteiger partial charge in [0.2, 0.25) is 0 Å². The lowest BCUT2D eigenvalue weighted by Crippen LogP contribution is -2.17. The Balaban J connectivity index is 1.32. The summed E-state index contributed by atoms with van der Waals surface area (Å²) in [6.45, 7) is 0.420. The number of H-pyrrole nitrogens is 1. The molecule has 0 aliphatic carbocycles. The number of hydrogen-bond acceptors (Lipinski definition) is 6. The molecule has 0 saturated carbocycles. The van der Waals surface area contributed by atoms with Crippen LogP contribution in [0.3, 0.4) is 0 Å². The lowest BCUT2D eigenvalue weighted by Gasteiger charge is -2.07. The molecular weight excluding hydrogens is 458 g/mol. The molecule has 1 heterocycles. The average Bonchev–Trinajstić information content (AvgIpc) is 3.35. The van der Waals surface area contributed by atoms with Gasteiger partial charge in [-0.15, -0.1) is 0 Å². The molecule has 10 heteroatoms. The summed E-state index contributed by atoms with van der Waals surface area (Å²) in [5.41, 5.74) is 5.62. The average molecular weight is 476 g/mol. The fourth-order valence-corrected chi connectivity index (χ4v) is 3.09. The number of amides is 1. The number of benzene rings is 3. The van der Waals surface area contributed by atoms with Crippen molar-refractivity contribution in [2.24, 2.45) is 5.10 Å². The molecule has 3 aromatic carbocycles. The van der Waals surface area contributed by atoms with Gasteiger partial charge in [0.25, 0.3) is 11.6 Å². The fourth-order valence-electron chi connectivity index (χ4n) is 2.96. The second-order valence-corrected chi connectivity index (χ2v) is 7.59. The number of halogens is 1. The van der Waals surface area contributed by atoms with Crippen molar-refractivity contribution in [2.75, 3.05) is 0 Å². The number of ether oxygens (including phenoxy) is 1. The third-order valence-corrected chi connectivity index (χ3v) is 5.03. The molecule has 0 aliphatic rings. The molecule has 0 spiro atoms. The zero-order chi connectivity index (χ0) is 23.9. The maximum Gasteiger partial charge on any atom is 0.289 e. The van der Waals surface area contributed by atoms with Crippen LogP contribution in [-0.4, -0.2) is 27.2 Å². The third kappa shape index (κ3) is 5.84. The number of hydrogen-bond donors (Lipinski definition) is 2. The van der Waals surface area contributed by atoms with E-state index in [9.17, 15) is 14.9 Å². The van der Waals surface area contributed by atoms with Gasteiger partial charge in [-0.05, 0) is 65.7 Å². The van der Waals surface area contributed by atoms with Crippen LogP contribution >= 0.6 is 11.6 Å². The van der Waals surface area contributed by atoms with Gasteiger partial charge in [-0.25, -0.2) is 5.43 Å². The van der Waals surface area contributed by atoms with Gasteiger partial charge in [0, 0.05) is 22.7 Å². The van der Waals surface area contributed by atoms with Crippen molar-refractivity contribution in [3.8, 4) is 17.0 Å². The number of rotatable bonds is 8. The normalized spacial score (nSPS) is 10.9. The van der Waals surface area contributed by atoms with Crippen molar-refractivity contribution in [2.45, 2.75) is 6.61 Å². The van der Waals surface area contributed by atoms with Gasteiger partial charge in [-0.2, -0.15) is 10.2 Å². The van der Waals surface area contributed by atoms with Crippen molar-refractivity contribution >= 4 is 29.4 Å². The van der Waals surface area contributed by atoms with Gasteiger partial charge >= 0.3 is 0 Å². The summed E-state index contributed by atoms with van der Waals surface area (Å²) in [6.07, 6.45) is 1.39. The van der Waals surface area contributed by atoms with E-state index in [-0.39, 0.29) is 11.4 Å². The molecule has 34 heavy (non-hydrogen) atoms. The second kappa shape index (κ2) is 10.4. The first-order chi connectivity index (χ1) is 16.5. The van der Waals surface area contributed by atoms with Crippen molar-refractivity contribution in [3.05, 3.63) is 111 Å². The standard InChI is InChI=1S/C24H18ClN5O4/c25-19-7-1-17(2-8-19)15-34-21-11-5-18(6-12-21)22-13-23(28-27-22)24(31)29-26-14-16-3-9-20(10-4-16)30(32)33/h1-14H,15H2,(H,27,28)(H,29,31). The molecule has 1 amide bonds. The van der Waals surface area contributed by atoms with Crippen LogP contribution in [0.1, 0.15) is 21.6 Å². The minimum Gasteiger partial charge on any atom is -0.489 e. The molecule has 0 bridgehead atoms. The van der Waals surface area contributed by atoms with Gasteiger partial charge in [0.15, 0.2) is 0 Å². The van der Waals surface area contributed by atoms with E-state index in [4.69, 9.17) is 16.3 Å². The number of nitrogens with one attached hydrogen (secondary N) is 2. The van der Waals surface area contributed by atoms with Crippen LogP contribution in [0.15, 0.2) is 84.0 Å². The number of carbonyl (C=O) groups is 1.